The van der Waals surface area contributed by atoms with E-state index in [2.05, 4.69) is 49.0 Å². The number of carbonyl (C=O) groups excluding carboxylic acids is 1. The number of aromatic nitrogens is 1. The van der Waals surface area contributed by atoms with Crippen LogP contribution in [0.2, 0.25) is 5.02 Å². The first-order valence-corrected chi connectivity index (χ1v) is 14.5. The minimum atomic E-state index is -1.61. The molecule has 2 aromatic carbocycles. The van der Waals surface area contributed by atoms with Crippen molar-refractivity contribution in [3.63, 3.8) is 0 Å². The maximum absolute atomic E-state index is 13.0. The van der Waals surface area contributed by atoms with Crippen LogP contribution >= 0.6 is 36.5 Å². The van der Waals surface area contributed by atoms with Gasteiger partial charge in [-0.05, 0) is 67.3 Å². The van der Waals surface area contributed by atoms with Gasteiger partial charge in [0.05, 0.1) is 16.0 Å². The average molecular weight is 632 g/mol. The molecule has 1 fully saturated rings. The third kappa shape index (κ3) is 12.2. The minimum absolute atomic E-state index is 0.0382. The minimum Gasteiger partial charge on any atom is -0.393 e. The van der Waals surface area contributed by atoms with Gasteiger partial charge in [0.15, 0.2) is 17.5 Å². The fourth-order valence-corrected chi connectivity index (χ4v) is 4.72. The van der Waals surface area contributed by atoms with Crippen LogP contribution in [-0.4, -0.2) is 26.7 Å². The van der Waals surface area contributed by atoms with Gasteiger partial charge in [-0.15, -0.1) is 12.8 Å². The lowest BCUT2D eigenvalue weighted by molar-refractivity contribution is 0.00481. The van der Waals surface area contributed by atoms with Crippen LogP contribution in [0.25, 0.3) is 0 Å². The molecule has 1 amide bonds. The Hall–Kier alpha value is -2.28. The van der Waals surface area contributed by atoms with Gasteiger partial charge in [0.2, 0.25) is 0 Å². The molecule has 3 unspecified atom stereocenters. The Balaban J connectivity index is 0.000000348. The second-order valence-corrected chi connectivity index (χ2v) is 10.8. The number of anilines is 1. The van der Waals surface area contributed by atoms with Gasteiger partial charge in [0.1, 0.15) is 0 Å². The number of carbonyl (C=O) groups is 1. The Morgan fingerprint density at radius 3 is 2.24 bits per heavy atom. The number of hydrogen-bond acceptors (Lipinski definition) is 7. The van der Waals surface area contributed by atoms with E-state index >= 15 is 0 Å². The summed E-state index contributed by atoms with van der Waals surface area (Å²) < 4.78 is 47.9. The van der Waals surface area contributed by atoms with E-state index in [9.17, 15) is 23.1 Å². The summed E-state index contributed by atoms with van der Waals surface area (Å²) in [4.78, 5) is 16.1. The SMILES string of the molecule is CC(C)C1CCCC(C)C1O.Cc1cccnc1.NS.O=C(Nc1cc(F)c(F)c(F)c1)c1ccc(Cl)c(SO)c1. The maximum atomic E-state index is 13.0. The molecule has 41 heavy (non-hydrogen) atoms. The van der Waals surface area contributed by atoms with Crippen LogP contribution in [0.15, 0.2) is 59.8 Å². The number of halogens is 4. The number of rotatable bonds is 4. The number of pyridine rings is 1. The van der Waals surface area contributed by atoms with Crippen LogP contribution in [0.1, 0.15) is 56.0 Å². The number of aryl methyl sites for hydroxylation is 1. The molecule has 0 bridgehead atoms. The van der Waals surface area contributed by atoms with Gasteiger partial charge in [-0.1, -0.05) is 44.9 Å². The van der Waals surface area contributed by atoms with E-state index in [1.807, 2.05) is 25.3 Å². The van der Waals surface area contributed by atoms with E-state index in [1.165, 1.54) is 43.0 Å². The number of amides is 1. The van der Waals surface area contributed by atoms with Crippen molar-refractivity contribution in [2.24, 2.45) is 22.9 Å². The largest absolute Gasteiger partial charge is 0.393 e. The molecule has 3 atom stereocenters. The number of thiol groups is 1. The maximum Gasteiger partial charge on any atom is 0.255 e. The fraction of sp³-hybridized carbons (Fsp3) is 0.379. The summed E-state index contributed by atoms with van der Waals surface area (Å²) >= 11 is 9.15. The molecule has 226 valence electrons. The van der Waals surface area contributed by atoms with E-state index in [-0.39, 0.29) is 27.3 Å². The van der Waals surface area contributed by atoms with Crippen LogP contribution in [-0.2, 0) is 0 Å². The molecule has 0 aliphatic heterocycles. The second-order valence-electron chi connectivity index (χ2n) is 9.78. The lowest BCUT2D eigenvalue weighted by Crippen LogP contribution is -2.34. The predicted molar refractivity (Wildman–Crippen MR) is 164 cm³/mol. The molecule has 1 aromatic heterocycles. The van der Waals surface area contributed by atoms with Crippen LogP contribution in [0, 0.1) is 42.1 Å². The zero-order chi connectivity index (χ0) is 31.1. The van der Waals surface area contributed by atoms with Gasteiger partial charge in [-0.25, -0.2) is 13.2 Å². The third-order valence-electron chi connectivity index (χ3n) is 6.42. The third-order valence-corrected chi connectivity index (χ3v) is 7.39. The van der Waals surface area contributed by atoms with E-state index in [0.29, 0.717) is 41.9 Å². The lowest BCUT2D eigenvalue weighted by atomic mass is 9.74. The highest BCUT2D eigenvalue weighted by Crippen LogP contribution is 2.33. The number of aliphatic hydroxyl groups excluding tert-OH is 1. The molecule has 6 nitrogen and oxygen atoms in total. The second kappa shape index (κ2) is 19.0. The Bertz CT molecular complexity index is 1200. The summed E-state index contributed by atoms with van der Waals surface area (Å²) in [6, 6.07) is 9.33. The van der Waals surface area contributed by atoms with Crippen molar-refractivity contribution in [2.45, 2.75) is 58.0 Å². The normalized spacial score (nSPS) is 17.6. The van der Waals surface area contributed by atoms with E-state index in [1.54, 1.807) is 6.20 Å². The molecule has 4 rings (SSSR count). The van der Waals surface area contributed by atoms with Crippen LogP contribution < -0.4 is 10.5 Å². The summed E-state index contributed by atoms with van der Waals surface area (Å²) in [6.07, 6.45) is 7.31. The molecule has 1 heterocycles. The average Bonchev–Trinajstić information content (AvgIpc) is 2.95. The first kappa shape index (κ1) is 36.7. The summed E-state index contributed by atoms with van der Waals surface area (Å²) in [5.74, 6) is -3.39. The quantitative estimate of drug-likeness (QED) is 0.113. The zero-order valence-electron chi connectivity index (χ0n) is 23.3. The van der Waals surface area contributed by atoms with Gasteiger partial charge in [0, 0.05) is 47.8 Å². The van der Waals surface area contributed by atoms with Crippen molar-refractivity contribution in [1.82, 2.24) is 4.98 Å². The molecule has 1 aliphatic rings. The smallest absolute Gasteiger partial charge is 0.255 e. The summed E-state index contributed by atoms with van der Waals surface area (Å²) in [7, 11) is 0. The standard InChI is InChI=1S/C13H7ClF3NO2S.C10H20O.C6H7N.H3NS/c14-8-2-1-6(3-11(8)21-20)13(19)18-7-4-9(15)12(17)10(16)5-7;1-7(2)9-6-4-5-8(3)10(9)11;1-6-3-2-4-7-5-6;1-2/h1-5,20H,(H,18,19);7-11H,4-6H2,1-3H3;2-5H,1H3;2H,1H2. The first-order valence-electron chi connectivity index (χ1n) is 12.8. The van der Waals surface area contributed by atoms with Crippen molar-refractivity contribution < 1.29 is 27.6 Å². The van der Waals surface area contributed by atoms with Crippen LogP contribution in [0.4, 0.5) is 18.9 Å². The number of hydrogen-bond donors (Lipinski definition) is 5. The Morgan fingerprint density at radius 1 is 1.15 bits per heavy atom. The van der Waals surface area contributed by atoms with Gasteiger partial charge in [0.25, 0.3) is 5.91 Å². The van der Waals surface area contributed by atoms with E-state index in [4.69, 9.17) is 16.2 Å². The topological polar surface area (TPSA) is 108 Å². The highest BCUT2D eigenvalue weighted by Gasteiger charge is 2.30. The molecule has 0 spiro atoms. The molecule has 0 saturated heterocycles. The molecule has 0 radical (unpaired) electrons. The van der Waals surface area contributed by atoms with Crippen LogP contribution in [0.3, 0.4) is 0 Å². The molecule has 1 saturated carbocycles. The number of benzene rings is 2. The van der Waals surface area contributed by atoms with Crippen molar-refractivity contribution in [2.75, 3.05) is 5.32 Å². The van der Waals surface area contributed by atoms with Crippen LogP contribution in [0.5, 0.6) is 0 Å². The first-order chi connectivity index (χ1) is 19.4. The van der Waals surface area contributed by atoms with Crippen molar-refractivity contribution >= 4 is 48.1 Å². The number of nitrogens with two attached hydrogens (primary N) is 1. The lowest BCUT2D eigenvalue weighted by Gasteiger charge is -2.35. The highest BCUT2D eigenvalue weighted by atomic mass is 35.5. The fourth-order valence-electron chi connectivity index (χ4n) is 4.16. The molecule has 3 aromatic rings. The van der Waals surface area contributed by atoms with Gasteiger partial charge in [-0.3, -0.25) is 14.9 Å². The Kier molecular flexibility index (Phi) is 17.0. The molecular formula is C29H37ClF3N3O3S2. The van der Waals surface area contributed by atoms with E-state index < -0.39 is 23.4 Å². The summed E-state index contributed by atoms with van der Waals surface area (Å²) in [5.41, 5.74) is 1.09. The molecular weight excluding hydrogens is 595 g/mol. The van der Waals surface area contributed by atoms with E-state index in [0.717, 1.165) is 0 Å². The van der Waals surface area contributed by atoms with Gasteiger partial charge < -0.3 is 15.0 Å². The summed E-state index contributed by atoms with van der Waals surface area (Å²) in [5, 5.41) is 16.5. The van der Waals surface area contributed by atoms with Crippen molar-refractivity contribution in [3.05, 3.63) is 88.5 Å². The Morgan fingerprint density at radius 2 is 1.78 bits per heavy atom. The van der Waals surface area contributed by atoms with Gasteiger partial charge in [-0.2, -0.15) is 0 Å². The number of nitrogens with one attached hydrogen (secondary N) is 1. The van der Waals surface area contributed by atoms with Crippen molar-refractivity contribution in [1.29, 1.82) is 0 Å². The predicted octanol–water partition coefficient (Wildman–Crippen LogP) is 8.19. The highest BCUT2D eigenvalue weighted by molar-refractivity contribution is 7.93. The van der Waals surface area contributed by atoms with Crippen molar-refractivity contribution in [3.8, 4) is 0 Å². The Labute approximate surface area is 254 Å². The number of aliphatic hydroxyl groups is 1. The summed E-state index contributed by atoms with van der Waals surface area (Å²) in [6.45, 7) is 8.62. The monoisotopic (exact) mass is 631 g/mol. The molecule has 5 N–H and O–H groups in total. The number of nitrogens with zero attached hydrogens (tertiary/aromatic N) is 1. The zero-order valence-corrected chi connectivity index (χ0v) is 25.8. The molecule has 1 aliphatic carbocycles. The molecule has 12 heteroatoms. The van der Waals surface area contributed by atoms with Gasteiger partial charge >= 0.3 is 0 Å².